The lowest BCUT2D eigenvalue weighted by Crippen LogP contribution is -2.28. The first kappa shape index (κ1) is 14.8. The third kappa shape index (κ3) is 4.19. The van der Waals surface area contributed by atoms with E-state index in [1.54, 1.807) is 16.7 Å². The van der Waals surface area contributed by atoms with Crippen LogP contribution in [0.3, 0.4) is 0 Å². The highest BCUT2D eigenvalue weighted by Crippen LogP contribution is 2.21. The van der Waals surface area contributed by atoms with E-state index in [-0.39, 0.29) is 5.91 Å². The maximum atomic E-state index is 12.1. The molecule has 4 nitrogen and oxygen atoms in total. The van der Waals surface area contributed by atoms with Crippen LogP contribution >= 0.6 is 23.1 Å². The number of ether oxygens (including phenoxy) is 1. The van der Waals surface area contributed by atoms with Crippen molar-refractivity contribution in [2.24, 2.45) is 0 Å². The zero-order valence-electron chi connectivity index (χ0n) is 11.4. The average molecular weight is 300 g/mol. The molecule has 0 spiro atoms. The molecule has 1 unspecified atom stereocenters. The van der Waals surface area contributed by atoms with Crippen molar-refractivity contribution in [2.45, 2.75) is 36.1 Å². The van der Waals surface area contributed by atoms with Crippen molar-refractivity contribution in [2.75, 3.05) is 26.5 Å². The summed E-state index contributed by atoms with van der Waals surface area (Å²) in [5.74, 6) is 0.0175. The van der Waals surface area contributed by atoms with E-state index in [1.807, 2.05) is 18.7 Å². The monoisotopic (exact) mass is 300 g/mol. The van der Waals surface area contributed by atoms with Crippen LogP contribution in [0.25, 0.3) is 0 Å². The van der Waals surface area contributed by atoms with E-state index >= 15 is 0 Å². The molecule has 1 aromatic heterocycles. The van der Waals surface area contributed by atoms with Crippen molar-refractivity contribution in [3.8, 4) is 0 Å². The van der Waals surface area contributed by atoms with Gasteiger partial charge in [0, 0.05) is 25.6 Å². The van der Waals surface area contributed by atoms with Crippen LogP contribution in [0, 0.1) is 0 Å². The molecule has 6 heteroatoms. The van der Waals surface area contributed by atoms with Crippen LogP contribution in [-0.4, -0.2) is 48.4 Å². The standard InChI is InChI=1S/C13H20N2O2S2/c1-15(7-3-5-10-6-4-8-17-10)12(16)11-9-19-13(14-11)18-2/h9-10H,3-8H2,1-2H3. The lowest BCUT2D eigenvalue weighted by atomic mass is 10.1. The molecule has 1 amide bonds. The smallest absolute Gasteiger partial charge is 0.273 e. The summed E-state index contributed by atoms with van der Waals surface area (Å²) in [5, 5.41) is 1.84. The zero-order chi connectivity index (χ0) is 13.7. The second kappa shape index (κ2) is 7.26. The van der Waals surface area contributed by atoms with Crippen LogP contribution in [0.4, 0.5) is 0 Å². The van der Waals surface area contributed by atoms with Gasteiger partial charge in [-0.05, 0) is 31.9 Å². The normalized spacial score (nSPS) is 18.7. The molecule has 1 fully saturated rings. The maximum Gasteiger partial charge on any atom is 0.273 e. The Morgan fingerprint density at radius 1 is 1.68 bits per heavy atom. The lowest BCUT2D eigenvalue weighted by molar-refractivity contribution is 0.0758. The summed E-state index contributed by atoms with van der Waals surface area (Å²) in [6, 6.07) is 0. The van der Waals surface area contributed by atoms with Crippen LogP contribution in [0.5, 0.6) is 0 Å². The van der Waals surface area contributed by atoms with E-state index in [9.17, 15) is 4.79 Å². The number of hydrogen-bond acceptors (Lipinski definition) is 5. The Morgan fingerprint density at radius 2 is 2.53 bits per heavy atom. The summed E-state index contributed by atoms with van der Waals surface area (Å²) in [4.78, 5) is 18.2. The van der Waals surface area contributed by atoms with Gasteiger partial charge in [-0.1, -0.05) is 11.8 Å². The van der Waals surface area contributed by atoms with Crippen molar-refractivity contribution < 1.29 is 9.53 Å². The van der Waals surface area contributed by atoms with Gasteiger partial charge in [0.05, 0.1) is 6.10 Å². The van der Waals surface area contributed by atoms with Gasteiger partial charge in [-0.2, -0.15) is 0 Å². The third-order valence-electron chi connectivity index (χ3n) is 3.27. The summed E-state index contributed by atoms with van der Waals surface area (Å²) in [6.45, 7) is 1.67. The number of thioether (sulfide) groups is 1. The van der Waals surface area contributed by atoms with E-state index in [2.05, 4.69) is 4.98 Å². The summed E-state index contributed by atoms with van der Waals surface area (Å²) in [5.41, 5.74) is 0.564. The van der Waals surface area contributed by atoms with Gasteiger partial charge >= 0.3 is 0 Å². The molecule has 1 aliphatic heterocycles. The van der Waals surface area contributed by atoms with Crippen molar-refractivity contribution in [3.63, 3.8) is 0 Å². The van der Waals surface area contributed by atoms with Crippen molar-refractivity contribution >= 4 is 29.0 Å². The molecule has 1 aromatic rings. The number of thiazole rings is 1. The van der Waals surface area contributed by atoms with Gasteiger partial charge in [-0.25, -0.2) is 4.98 Å². The molecular formula is C13H20N2O2S2. The van der Waals surface area contributed by atoms with E-state index in [0.29, 0.717) is 11.8 Å². The molecule has 19 heavy (non-hydrogen) atoms. The Balaban J connectivity index is 1.75. The predicted octanol–water partition coefficient (Wildman–Crippen LogP) is 2.90. The summed E-state index contributed by atoms with van der Waals surface area (Å²) >= 11 is 3.10. The fourth-order valence-corrected chi connectivity index (χ4v) is 3.41. The van der Waals surface area contributed by atoms with Crippen LogP contribution in [0.2, 0.25) is 0 Å². The van der Waals surface area contributed by atoms with Gasteiger partial charge in [0.15, 0.2) is 0 Å². The molecule has 2 heterocycles. The minimum Gasteiger partial charge on any atom is -0.378 e. The summed E-state index contributed by atoms with van der Waals surface area (Å²) in [6.07, 6.45) is 6.76. The highest BCUT2D eigenvalue weighted by Gasteiger charge is 2.18. The SMILES string of the molecule is CSc1nc(C(=O)N(C)CCCC2CCCO2)cs1. The highest BCUT2D eigenvalue weighted by atomic mass is 32.2. The summed E-state index contributed by atoms with van der Waals surface area (Å²) in [7, 11) is 1.84. The number of aromatic nitrogens is 1. The second-order valence-electron chi connectivity index (χ2n) is 4.71. The van der Waals surface area contributed by atoms with Gasteiger partial charge in [0.1, 0.15) is 10.0 Å². The van der Waals surface area contributed by atoms with Gasteiger partial charge < -0.3 is 9.64 Å². The summed E-state index contributed by atoms with van der Waals surface area (Å²) < 4.78 is 6.52. The second-order valence-corrected chi connectivity index (χ2v) is 6.62. The van der Waals surface area contributed by atoms with E-state index < -0.39 is 0 Å². The van der Waals surface area contributed by atoms with Gasteiger partial charge in [-0.15, -0.1) is 11.3 Å². The first-order valence-corrected chi connectivity index (χ1v) is 8.67. The van der Waals surface area contributed by atoms with E-state index in [4.69, 9.17) is 4.74 Å². The third-order valence-corrected chi connectivity index (χ3v) is 5.13. The molecule has 0 bridgehead atoms. The van der Waals surface area contributed by atoms with Crippen LogP contribution in [-0.2, 0) is 4.74 Å². The zero-order valence-corrected chi connectivity index (χ0v) is 13.1. The average Bonchev–Trinajstić information content (AvgIpc) is 3.08. The number of rotatable bonds is 6. The Hall–Kier alpha value is -0.590. The topological polar surface area (TPSA) is 42.4 Å². The molecule has 0 saturated carbocycles. The van der Waals surface area contributed by atoms with Crippen molar-refractivity contribution in [1.82, 2.24) is 9.88 Å². The molecular weight excluding hydrogens is 280 g/mol. The molecule has 0 N–H and O–H groups in total. The Bertz CT molecular complexity index is 417. The van der Waals surface area contributed by atoms with Crippen LogP contribution < -0.4 is 0 Å². The fraction of sp³-hybridized carbons (Fsp3) is 0.692. The minimum atomic E-state index is 0.0175. The van der Waals surface area contributed by atoms with Gasteiger partial charge in [0.2, 0.25) is 0 Å². The first-order valence-electron chi connectivity index (χ1n) is 6.57. The molecule has 0 aromatic carbocycles. The predicted molar refractivity (Wildman–Crippen MR) is 79.1 cm³/mol. The van der Waals surface area contributed by atoms with Crippen molar-refractivity contribution in [3.05, 3.63) is 11.1 Å². The maximum absolute atomic E-state index is 12.1. The Morgan fingerprint density at radius 3 is 3.16 bits per heavy atom. The van der Waals surface area contributed by atoms with Gasteiger partial charge in [-0.3, -0.25) is 4.79 Å². The van der Waals surface area contributed by atoms with E-state index in [1.165, 1.54) is 24.2 Å². The van der Waals surface area contributed by atoms with Gasteiger partial charge in [0.25, 0.3) is 5.91 Å². The van der Waals surface area contributed by atoms with E-state index in [0.717, 1.165) is 30.3 Å². The van der Waals surface area contributed by atoms with Crippen molar-refractivity contribution in [1.29, 1.82) is 0 Å². The number of carbonyl (C=O) groups excluding carboxylic acids is 1. The highest BCUT2D eigenvalue weighted by molar-refractivity contribution is 8.00. The molecule has 1 saturated heterocycles. The molecule has 0 radical (unpaired) electrons. The molecule has 0 aliphatic carbocycles. The number of amides is 1. The quantitative estimate of drug-likeness (QED) is 0.758. The van der Waals surface area contributed by atoms with Crippen LogP contribution in [0.15, 0.2) is 9.72 Å². The number of nitrogens with zero attached hydrogens (tertiary/aromatic N) is 2. The molecule has 2 rings (SSSR count). The largest absolute Gasteiger partial charge is 0.378 e. The Labute approximate surface area is 122 Å². The number of carbonyl (C=O) groups is 1. The molecule has 1 atom stereocenters. The number of hydrogen-bond donors (Lipinski definition) is 0. The minimum absolute atomic E-state index is 0.0175. The molecule has 1 aliphatic rings. The lowest BCUT2D eigenvalue weighted by Gasteiger charge is -2.17. The first-order chi connectivity index (χ1) is 9.20. The fourth-order valence-electron chi connectivity index (χ4n) is 2.17. The molecule has 106 valence electrons. The van der Waals surface area contributed by atoms with Crippen LogP contribution in [0.1, 0.15) is 36.2 Å². The Kier molecular flexibility index (Phi) is 5.66.